The summed E-state index contributed by atoms with van der Waals surface area (Å²) in [5.41, 5.74) is 0.00721. The lowest BCUT2D eigenvalue weighted by atomic mass is 10.1. The lowest BCUT2D eigenvalue weighted by Gasteiger charge is -2.23. The fraction of sp³-hybridized carbons (Fsp3) is 0.556. The van der Waals surface area contributed by atoms with Gasteiger partial charge in [0, 0.05) is 38.0 Å². The fourth-order valence-electron chi connectivity index (χ4n) is 2.96. The monoisotopic (exact) mass is 378 g/mol. The molecule has 0 saturated carbocycles. The molecule has 0 spiro atoms. The minimum atomic E-state index is -0.649. The number of ether oxygens (including phenoxy) is 1. The predicted octanol–water partition coefficient (Wildman–Crippen LogP) is -0.363. The number of amides is 3. The van der Waals surface area contributed by atoms with Crippen molar-refractivity contribution in [3.8, 4) is 0 Å². The quantitative estimate of drug-likeness (QED) is 0.534. The molecule has 1 saturated heterocycles. The highest BCUT2D eigenvalue weighted by Crippen LogP contribution is 2.19. The lowest BCUT2D eigenvalue weighted by molar-refractivity contribution is -0.142. The van der Waals surface area contributed by atoms with E-state index < -0.39 is 6.04 Å². The Balaban J connectivity index is 2.04. The average molecular weight is 378 g/mol. The number of hydrogen-bond donors (Lipinski definition) is 3. The molecule has 1 aliphatic rings. The summed E-state index contributed by atoms with van der Waals surface area (Å²) >= 11 is 0. The van der Waals surface area contributed by atoms with E-state index in [1.165, 1.54) is 23.2 Å². The second kappa shape index (κ2) is 9.86. The van der Waals surface area contributed by atoms with Gasteiger partial charge in [-0.15, -0.1) is 0 Å². The van der Waals surface area contributed by atoms with Crippen molar-refractivity contribution in [1.29, 1.82) is 0 Å². The first-order chi connectivity index (χ1) is 13.0. The van der Waals surface area contributed by atoms with Crippen LogP contribution < -0.4 is 16.2 Å². The van der Waals surface area contributed by atoms with E-state index in [2.05, 4.69) is 15.6 Å². The summed E-state index contributed by atoms with van der Waals surface area (Å²) in [7, 11) is 0. The van der Waals surface area contributed by atoms with Gasteiger partial charge in [0.2, 0.25) is 17.4 Å². The Hall–Kier alpha value is -2.68. The van der Waals surface area contributed by atoms with E-state index >= 15 is 0 Å². The predicted molar refractivity (Wildman–Crippen MR) is 98.2 cm³/mol. The summed E-state index contributed by atoms with van der Waals surface area (Å²) in [6.07, 6.45) is 2.45. The average Bonchev–Trinajstić information content (AvgIpc) is 3.06. The minimum Gasteiger partial charge on any atom is -0.372 e. The van der Waals surface area contributed by atoms with Crippen molar-refractivity contribution >= 4 is 17.7 Å². The topological polar surface area (TPSA) is 121 Å². The van der Waals surface area contributed by atoms with Crippen LogP contribution in [0.4, 0.5) is 0 Å². The Morgan fingerprint density at radius 3 is 2.70 bits per heavy atom. The Kier molecular flexibility index (Phi) is 7.54. The molecule has 3 amide bonds. The third kappa shape index (κ3) is 5.65. The summed E-state index contributed by atoms with van der Waals surface area (Å²) in [5.74, 6) is -0.898. The van der Waals surface area contributed by atoms with Gasteiger partial charge >= 0.3 is 0 Å². The smallest absolute Gasteiger partial charge is 0.253 e. The number of nitrogens with zero attached hydrogens (tertiary/aromatic N) is 1. The zero-order valence-electron chi connectivity index (χ0n) is 15.6. The van der Waals surface area contributed by atoms with Crippen molar-refractivity contribution in [3.05, 3.63) is 34.2 Å². The van der Waals surface area contributed by atoms with Gasteiger partial charge in [0.15, 0.2) is 0 Å². The molecule has 2 heterocycles. The molecule has 1 aliphatic heterocycles. The van der Waals surface area contributed by atoms with Gasteiger partial charge < -0.3 is 25.3 Å². The van der Waals surface area contributed by atoms with Crippen molar-refractivity contribution in [2.45, 2.75) is 38.8 Å². The number of rotatable bonds is 8. The van der Waals surface area contributed by atoms with Crippen LogP contribution in [-0.2, 0) is 14.3 Å². The zero-order valence-corrected chi connectivity index (χ0v) is 15.6. The van der Waals surface area contributed by atoms with Gasteiger partial charge in [-0.2, -0.15) is 0 Å². The number of likely N-dealkylation sites (N-methyl/N-ethyl adjacent to an activating group) is 1. The second-order valence-corrected chi connectivity index (χ2v) is 6.36. The SMILES string of the molecule is CCCOCC(=O)N1C[C@@H](NC(=O)c2ccc(=O)[nH]c2)C[C@H]1C(=O)NCC. The largest absolute Gasteiger partial charge is 0.372 e. The molecule has 2 rings (SSSR count). The molecule has 2 atom stereocenters. The highest BCUT2D eigenvalue weighted by Gasteiger charge is 2.39. The second-order valence-electron chi connectivity index (χ2n) is 6.36. The van der Waals surface area contributed by atoms with Crippen LogP contribution in [0, 0.1) is 0 Å². The van der Waals surface area contributed by atoms with Crippen LogP contribution in [0.15, 0.2) is 23.1 Å². The normalized spacial score (nSPS) is 19.0. The maximum absolute atomic E-state index is 12.4. The van der Waals surface area contributed by atoms with E-state index in [0.717, 1.165) is 6.42 Å². The number of hydrogen-bond acceptors (Lipinski definition) is 5. The van der Waals surface area contributed by atoms with Crippen LogP contribution >= 0.6 is 0 Å². The van der Waals surface area contributed by atoms with E-state index in [9.17, 15) is 19.2 Å². The number of likely N-dealkylation sites (tertiary alicyclic amines) is 1. The molecule has 0 aliphatic carbocycles. The molecule has 3 N–H and O–H groups in total. The molecule has 1 aromatic rings. The van der Waals surface area contributed by atoms with Gasteiger partial charge in [-0.05, 0) is 25.8 Å². The summed E-state index contributed by atoms with van der Waals surface area (Å²) < 4.78 is 5.30. The first kappa shape index (κ1) is 20.6. The third-order valence-corrected chi connectivity index (χ3v) is 4.23. The number of carbonyl (C=O) groups is 3. The van der Waals surface area contributed by atoms with Crippen LogP contribution in [-0.4, -0.2) is 66.0 Å². The first-order valence-electron chi connectivity index (χ1n) is 9.10. The molecule has 0 radical (unpaired) electrons. The minimum absolute atomic E-state index is 0.0929. The zero-order chi connectivity index (χ0) is 19.8. The highest BCUT2D eigenvalue weighted by atomic mass is 16.5. The van der Waals surface area contributed by atoms with Gasteiger partial charge in [0.25, 0.3) is 5.91 Å². The maximum Gasteiger partial charge on any atom is 0.253 e. The lowest BCUT2D eigenvalue weighted by Crippen LogP contribution is -2.47. The van der Waals surface area contributed by atoms with E-state index in [1.54, 1.807) is 6.92 Å². The number of carbonyl (C=O) groups excluding carboxylic acids is 3. The molecular formula is C18H26N4O5. The summed E-state index contributed by atoms with van der Waals surface area (Å²) in [5, 5.41) is 5.54. The van der Waals surface area contributed by atoms with Crippen molar-refractivity contribution in [2.75, 3.05) is 26.3 Å². The van der Waals surface area contributed by atoms with E-state index in [4.69, 9.17) is 4.74 Å². The third-order valence-electron chi connectivity index (χ3n) is 4.23. The molecule has 1 aromatic heterocycles. The van der Waals surface area contributed by atoms with Crippen molar-refractivity contribution in [3.63, 3.8) is 0 Å². The number of H-pyrrole nitrogens is 1. The van der Waals surface area contributed by atoms with Crippen LogP contribution in [0.5, 0.6) is 0 Å². The Labute approximate surface area is 157 Å². The number of aromatic amines is 1. The molecule has 0 aromatic carbocycles. The van der Waals surface area contributed by atoms with Crippen molar-refractivity contribution in [1.82, 2.24) is 20.5 Å². The summed E-state index contributed by atoms with van der Waals surface area (Å²) in [6.45, 7) is 4.81. The molecule has 9 nitrogen and oxygen atoms in total. The highest BCUT2D eigenvalue weighted by molar-refractivity contribution is 5.94. The van der Waals surface area contributed by atoms with Gasteiger partial charge in [-0.3, -0.25) is 19.2 Å². The standard InChI is InChI=1S/C18H26N4O5/c1-3-7-27-11-16(24)22-10-13(8-14(22)18(26)19-4-2)21-17(25)12-5-6-15(23)20-9-12/h5-6,9,13-14H,3-4,7-8,10-11H2,1-2H3,(H,19,26)(H,20,23)(H,21,25)/t13-,14-/m0/s1. The van der Waals surface area contributed by atoms with Gasteiger partial charge in [0.05, 0.1) is 5.56 Å². The van der Waals surface area contributed by atoms with Crippen LogP contribution in [0.25, 0.3) is 0 Å². The van der Waals surface area contributed by atoms with E-state index in [0.29, 0.717) is 25.1 Å². The maximum atomic E-state index is 12.4. The molecule has 148 valence electrons. The molecule has 0 unspecified atom stereocenters. The van der Waals surface area contributed by atoms with Gasteiger partial charge in [0.1, 0.15) is 12.6 Å². The molecule has 1 fully saturated rings. The Morgan fingerprint density at radius 1 is 1.30 bits per heavy atom. The molecular weight excluding hydrogens is 352 g/mol. The first-order valence-corrected chi connectivity index (χ1v) is 9.10. The number of nitrogens with one attached hydrogen (secondary N) is 3. The van der Waals surface area contributed by atoms with Crippen LogP contribution in [0.3, 0.4) is 0 Å². The van der Waals surface area contributed by atoms with Crippen molar-refractivity contribution in [2.24, 2.45) is 0 Å². The van der Waals surface area contributed by atoms with Crippen LogP contribution in [0.1, 0.15) is 37.0 Å². The molecule has 0 bridgehead atoms. The summed E-state index contributed by atoms with van der Waals surface area (Å²) in [4.78, 5) is 52.1. The Bertz CT molecular complexity index is 712. The molecule has 27 heavy (non-hydrogen) atoms. The van der Waals surface area contributed by atoms with Gasteiger partial charge in [-0.1, -0.05) is 6.92 Å². The van der Waals surface area contributed by atoms with E-state index in [1.807, 2.05) is 6.92 Å². The number of pyridine rings is 1. The molecule has 9 heteroatoms. The fourth-order valence-corrected chi connectivity index (χ4v) is 2.96. The van der Waals surface area contributed by atoms with Crippen molar-refractivity contribution < 1.29 is 19.1 Å². The summed E-state index contributed by atoms with van der Waals surface area (Å²) in [6, 6.07) is 1.67. The number of aromatic nitrogens is 1. The van der Waals surface area contributed by atoms with E-state index in [-0.39, 0.29) is 42.5 Å². The Morgan fingerprint density at radius 2 is 2.07 bits per heavy atom. The van der Waals surface area contributed by atoms with Gasteiger partial charge in [-0.25, -0.2) is 0 Å². The van der Waals surface area contributed by atoms with Crippen LogP contribution in [0.2, 0.25) is 0 Å².